The van der Waals surface area contributed by atoms with Crippen LogP contribution in [-0.4, -0.2) is 10.6 Å². The zero-order valence-corrected chi connectivity index (χ0v) is 16.4. The summed E-state index contributed by atoms with van der Waals surface area (Å²) in [6, 6.07) is 22.2. The number of carbonyl (C=O) groups is 1. The Bertz CT molecular complexity index is 1270. The smallest absolute Gasteiger partial charge is 0.320 e. The third-order valence-electron chi connectivity index (χ3n) is 4.96. The van der Waals surface area contributed by atoms with Crippen LogP contribution >= 0.6 is 0 Å². The van der Waals surface area contributed by atoms with E-state index in [9.17, 15) is 14.0 Å². The van der Waals surface area contributed by atoms with Crippen LogP contribution < -0.4 is 16.2 Å². The number of benzene rings is 3. The van der Waals surface area contributed by atoms with E-state index in [4.69, 9.17) is 0 Å². The molecule has 150 valence electrons. The van der Waals surface area contributed by atoms with Gasteiger partial charge in [0.05, 0.1) is 0 Å². The second kappa shape index (κ2) is 8.21. The van der Waals surface area contributed by atoms with Crippen molar-refractivity contribution < 1.29 is 9.18 Å². The number of anilines is 1. The molecule has 0 saturated carbocycles. The minimum absolute atomic E-state index is 0.227. The van der Waals surface area contributed by atoms with E-state index < -0.39 is 6.03 Å². The summed E-state index contributed by atoms with van der Waals surface area (Å²) in [5.74, 6) is -0.0149. The van der Waals surface area contributed by atoms with Gasteiger partial charge in [0, 0.05) is 24.5 Å². The monoisotopic (exact) mass is 401 g/mol. The van der Waals surface area contributed by atoms with Crippen molar-refractivity contribution >= 4 is 22.6 Å². The Kier molecular flexibility index (Phi) is 5.30. The summed E-state index contributed by atoms with van der Waals surface area (Å²) < 4.78 is 14.9. The van der Waals surface area contributed by atoms with E-state index in [2.05, 4.69) is 10.6 Å². The fourth-order valence-corrected chi connectivity index (χ4v) is 3.45. The molecule has 30 heavy (non-hydrogen) atoms. The van der Waals surface area contributed by atoms with E-state index >= 15 is 0 Å². The number of pyridine rings is 1. The van der Waals surface area contributed by atoms with E-state index in [0.29, 0.717) is 34.3 Å². The van der Waals surface area contributed by atoms with Crippen molar-refractivity contribution in [2.24, 2.45) is 7.05 Å². The Morgan fingerprint density at radius 1 is 0.900 bits per heavy atom. The van der Waals surface area contributed by atoms with Gasteiger partial charge in [-0.2, -0.15) is 0 Å². The molecule has 5 nitrogen and oxygen atoms in total. The van der Waals surface area contributed by atoms with Crippen LogP contribution in [-0.2, 0) is 13.6 Å². The van der Waals surface area contributed by atoms with Crippen molar-refractivity contribution in [3.63, 3.8) is 0 Å². The number of aromatic nitrogens is 1. The van der Waals surface area contributed by atoms with Gasteiger partial charge < -0.3 is 5.32 Å². The highest BCUT2D eigenvalue weighted by molar-refractivity contribution is 6.04. The lowest BCUT2D eigenvalue weighted by atomic mass is 9.99. The molecule has 6 heteroatoms. The largest absolute Gasteiger partial charge is 0.334 e. The van der Waals surface area contributed by atoms with Crippen molar-refractivity contribution in [1.82, 2.24) is 9.88 Å². The number of amides is 2. The second-order valence-electron chi connectivity index (χ2n) is 6.93. The van der Waals surface area contributed by atoms with Crippen molar-refractivity contribution in [1.29, 1.82) is 0 Å². The summed E-state index contributed by atoms with van der Waals surface area (Å²) >= 11 is 0. The summed E-state index contributed by atoms with van der Waals surface area (Å²) in [4.78, 5) is 25.5. The number of hydrogen-bond donors (Lipinski definition) is 2. The second-order valence-corrected chi connectivity index (χ2v) is 6.93. The number of hydrogen-bond acceptors (Lipinski definition) is 2. The number of rotatable bonds is 4. The molecule has 3 aromatic carbocycles. The topological polar surface area (TPSA) is 63.1 Å². The number of halogens is 1. The summed E-state index contributed by atoms with van der Waals surface area (Å²) in [6.07, 6.45) is 0. The first-order chi connectivity index (χ1) is 14.5. The van der Waals surface area contributed by atoms with Crippen LogP contribution in [0.5, 0.6) is 0 Å². The molecule has 0 aliphatic rings. The minimum Gasteiger partial charge on any atom is -0.334 e. The van der Waals surface area contributed by atoms with Crippen LogP contribution in [0.2, 0.25) is 0 Å². The highest BCUT2D eigenvalue weighted by Crippen LogP contribution is 2.33. The van der Waals surface area contributed by atoms with E-state index in [1.165, 1.54) is 16.7 Å². The van der Waals surface area contributed by atoms with Gasteiger partial charge in [-0.05, 0) is 34.7 Å². The van der Waals surface area contributed by atoms with Crippen molar-refractivity contribution in [2.75, 3.05) is 5.32 Å². The maximum absolute atomic E-state index is 13.5. The lowest BCUT2D eigenvalue weighted by Gasteiger charge is -2.18. The molecule has 0 aliphatic carbocycles. The highest BCUT2D eigenvalue weighted by atomic mass is 19.1. The van der Waals surface area contributed by atoms with E-state index in [1.807, 2.05) is 42.5 Å². The van der Waals surface area contributed by atoms with Crippen LogP contribution in [0.4, 0.5) is 15.0 Å². The normalized spacial score (nSPS) is 10.7. The van der Waals surface area contributed by atoms with Gasteiger partial charge in [-0.15, -0.1) is 0 Å². The first-order valence-electron chi connectivity index (χ1n) is 9.51. The van der Waals surface area contributed by atoms with Crippen LogP contribution in [0.1, 0.15) is 5.56 Å². The molecule has 0 aliphatic heterocycles. The molecular weight excluding hydrogens is 381 g/mol. The number of nitrogens with zero attached hydrogens (tertiary/aromatic N) is 1. The average molecular weight is 401 g/mol. The lowest BCUT2D eigenvalue weighted by Crippen LogP contribution is -2.32. The number of nitrogens with one attached hydrogen (secondary N) is 2. The summed E-state index contributed by atoms with van der Waals surface area (Å²) in [7, 11) is 1.61. The average Bonchev–Trinajstić information content (AvgIpc) is 2.78. The number of fused-ring (bicyclic) bond motifs is 1. The molecule has 0 fully saturated rings. The highest BCUT2D eigenvalue weighted by Gasteiger charge is 2.18. The third kappa shape index (κ3) is 3.80. The summed E-state index contributed by atoms with van der Waals surface area (Å²) in [6.45, 7) is 0.347. The molecule has 0 unspecified atom stereocenters. The number of urea groups is 1. The molecule has 4 rings (SSSR count). The van der Waals surface area contributed by atoms with Gasteiger partial charge in [0.1, 0.15) is 11.6 Å². The van der Waals surface area contributed by atoms with Gasteiger partial charge in [0.15, 0.2) is 0 Å². The lowest BCUT2D eigenvalue weighted by molar-refractivity contribution is 0.251. The molecule has 4 aromatic rings. The fraction of sp³-hybridized carbons (Fsp3) is 0.0833. The predicted molar refractivity (Wildman–Crippen MR) is 117 cm³/mol. The maximum atomic E-state index is 13.5. The number of carbonyl (C=O) groups excluding carboxylic acids is 1. The quantitative estimate of drug-likeness (QED) is 0.522. The van der Waals surface area contributed by atoms with Crippen LogP contribution in [0.3, 0.4) is 0 Å². The zero-order chi connectivity index (χ0) is 21.1. The molecule has 0 bridgehead atoms. The Morgan fingerprint density at radius 3 is 2.23 bits per heavy atom. The van der Waals surface area contributed by atoms with Gasteiger partial charge in [-0.25, -0.2) is 9.18 Å². The Hall–Kier alpha value is -3.93. The van der Waals surface area contributed by atoms with Crippen molar-refractivity contribution in [3.05, 3.63) is 101 Å². The molecule has 2 amide bonds. The van der Waals surface area contributed by atoms with Crippen molar-refractivity contribution in [3.8, 4) is 11.1 Å². The molecule has 0 spiro atoms. The SMILES string of the molecule is Cn1c(NC(=O)NCc2ccccc2)c(-c2ccc(F)cc2)c2ccccc2c1=O. The van der Waals surface area contributed by atoms with Gasteiger partial charge in [-0.3, -0.25) is 14.7 Å². The van der Waals surface area contributed by atoms with E-state index in [0.717, 1.165) is 5.56 Å². The Labute approximate surface area is 172 Å². The molecule has 2 N–H and O–H groups in total. The standard InChI is InChI=1S/C24H20FN3O2/c1-28-22(27-24(30)26-15-16-7-3-2-4-8-16)21(17-11-13-18(25)14-12-17)19-9-5-6-10-20(19)23(28)29/h2-14H,15H2,1H3,(H2,26,27,30). The minimum atomic E-state index is -0.438. The zero-order valence-electron chi connectivity index (χ0n) is 16.4. The van der Waals surface area contributed by atoms with E-state index in [1.54, 1.807) is 31.3 Å². The van der Waals surface area contributed by atoms with Crippen LogP contribution in [0.25, 0.3) is 21.9 Å². The molecular formula is C24H20FN3O2. The Balaban J connectivity index is 1.77. The Morgan fingerprint density at radius 2 is 1.53 bits per heavy atom. The van der Waals surface area contributed by atoms with Gasteiger partial charge in [-0.1, -0.05) is 60.7 Å². The summed E-state index contributed by atoms with van der Waals surface area (Å²) in [5, 5.41) is 6.83. The van der Waals surface area contributed by atoms with Crippen molar-refractivity contribution in [2.45, 2.75) is 6.54 Å². The molecule has 0 saturated heterocycles. The predicted octanol–water partition coefficient (Wildman–Crippen LogP) is 4.67. The third-order valence-corrected chi connectivity index (χ3v) is 4.96. The van der Waals surface area contributed by atoms with E-state index in [-0.39, 0.29) is 11.4 Å². The van der Waals surface area contributed by atoms with Crippen LogP contribution in [0, 0.1) is 5.82 Å². The first-order valence-corrected chi connectivity index (χ1v) is 9.51. The molecule has 0 atom stereocenters. The fourth-order valence-electron chi connectivity index (χ4n) is 3.45. The van der Waals surface area contributed by atoms with Gasteiger partial charge in [0.2, 0.25) is 0 Å². The summed E-state index contributed by atoms with van der Waals surface area (Å²) in [5.41, 5.74) is 2.08. The van der Waals surface area contributed by atoms with Crippen LogP contribution in [0.15, 0.2) is 83.7 Å². The first kappa shape index (κ1) is 19.4. The molecule has 0 radical (unpaired) electrons. The molecule has 1 aromatic heterocycles. The molecule has 1 heterocycles. The maximum Gasteiger partial charge on any atom is 0.320 e. The van der Waals surface area contributed by atoms with Gasteiger partial charge in [0.25, 0.3) is 5.56 Å². The van der Waals surface area contributed by atoms with Gasteiger partial charge >= 0.3 is 6.03 Å².